The Morgan fingerprint density at radius 1 is 1.25 bits per heavy atom. The van der Waals surface area contributed by atoms with Gasteiger partial charge in [-0.3, -0.25) is 0 Å². The third kappa shape index (κ3) is 4.60. The van der Waals surface area contributed by atoms with Gasteiger partial charge in [0.25, 0.3) is 0 Å². The van der Waals surface area contributed by atoms with E-state index in [1.165, 1.54) is 0 Å². The molecule has 0 radical (unpaired) electrons. The SMILES string of the molecule is COc1cccc(OC[C@@H](O)CNCc2ccco2)c1. The van der Waals surface area contributed by atoms with Crippen molar-refractivity contribution in [2.45, 2.75) is 12.6 Å². The zero-order valence-electron chi connectivity index (χ0n) is 11.4. The van der Waals surface area contributed by atoms with Gasteiger partial charge >= 0.3 is 0 Å². The fraction of sp³-hybridized carbons (Fsp3) is 0.333. The average molecular weight is 277 g/mol. The molecule has 1 aromatic carbocycles. The van der Waals surface area contributed by atoms with Crippen molar-refractivity contribution in [1.82, 2.24) is 5.32 Å². The molecular weight excluding hydrogens is 258 g/mol. The van der Waals surface area contributed by atoms with Crippen LogP contribution in [0.15, 0.2) is 47.1 Å². The van der Waals surface area contributed by atoms with Gasteiger partial charge in [0, 0.05) is 12.6 Å². The Hall–Kier alpha value is -1.98. The van der Waals surface area contributed by atoms with E-state index >= 15 is 0 Å². The van der Waals surface area contributed by atoms with Crippen LogP contribution in [0.2, 0.25) is 0 Å². The summed E-state index contributed by atoms with van der Waals surface area (Å²) in [5.41, 5.74) is 0. The average Bonchev–Trinajstić information content (AvgIpc) is 2.98. The van der Waals surface area contributed by atoms with Crippen LogP contribution in [-0.4, -0.2) is 31.5 Å². The predicted octanol–water partition coefficient (Wildman–Crippen LogP) is 1.82. The molecule has 0 aliphatic carbocycles. The van der Waals surface area contributed by atoms with Crippen molar-refractivity contribution in [2.24, 2.45) is 0 Å². The zero-order chi connectivity index (χ0) is 14.2. The molecule has 20 heavy (non-hydrogen) atoms. The molecule has 0 amide bonds. The van der Waals surface area contributed by atoms with Gasteiger partial charge in [0.1, 0.15) is 30.0 Å². The summed E-state index contributed by atoms with van der Waals surface area (Å²) in [4.78, 5) is 0. The molecule has 5 heteroatoms. The number of aliphatic hydroxyl groups is 1. The molecule has 0 saturated heterocycles. The number of furan rings is 1. The van der Waals surface area contributed by atoms with Crippen LogP contribution in [0, 0.1) is 0 Å². The number of hydrogen-bond donors (Lipinski definition) is 2. The second-order valence-corrected chi connectivity index (χ2v) is 4.35. The van der Waals surface area contributed by atoms with Crippen LogP contribution in [0.1, 0.15) is 5.76 Å². The highest BCUT2D eigenvalue weighted by Crippen LogP contribution is 2.18. The highest BCUT2D eigenvalue weighted by Gasteiger charge is 2.06. The van der Waals surface area contributed by atoms with E-state index in [0.717, 1.165) is 11.5 Å². The number of rotatable bonds is 8. The van der Waals surface area contributed by atoms with E-state index in [9.17, 15) is 5.11 Å². The molecule has 1 aromatic heterocycles. The maximum absolute atomic E-state index is 9.82. The molecule has 0 bridgehead atoms. The number of benzene rings is 1. The van der Waals surface area contributed by atoms with Gasteiger partial charge in [-0.05, 0) is 24.3 Å². The third-order valence-corrected chi connectivity index (χ3v) is 2.74. The summed E-state index contributed by atoms with van der Waals surface area (Å²) >= 11 is 0. The molecule has 2 rings (SSSR count). The van der Waals surface area contributed by atoms with Crippen molar-refractivity contribution in [1.29, 1.82) is 0 Å². The Morgan fingerprint density at radius 2 is 2.10 bits per heavy atom. The summed E-state index contributed by atoms with van der Waals surface area (Å²) in [6, 6.07) is 11.0. The molecule has 2 N–H and O–H groups in total. The zero-order valence-corrected chi connectivity index (χ0v) is 11.4. The highest BCUT2D eigenvalue weighted by molar-refractivity contribution is 5.32. The molecular formula is C15H19NO4. The molecule has 108 valence electrons. The number of nitrogens with one attached hydrogen (secondary N) is 1. The minimum absolute atomic E-state index is 0.221. The number of hydrogen-bond acceptors (Lipinski definition) is 5. The molecule has 1 heterocycles. The molecule has 0 saturated carbocycles. The summed E-state index contributed by atoms with van der Waals surface area (Å²) in [6.45, 7) is 1.24. The molecule has 0 fully saturated rings. The van der Waals surface area contributed by atoms with E-state index in [0.29, 0.717) is 18.8 Å². The molecule has 0 unspecified atom stereocenters. The van der Waals surface area contributed by atoms with Crippen molar-refractivity contribution in [3.05, 3.63) is 48.4 Å². The van der Waals surface area contributed by atoms with E-state index in [2.05, 4.69) is 5.32 Å². The van der Waals surface area contributed by atoms with Gasteiger partial charge in [0.05, 0.1) is 19.9 Å². The van der Waals surface area contributed by atoms with Gasteiger partial charge < -0.3 is 24.3 Å². The van der Waals surface area contributed by atoms with Crippen molar-refractivity contribution in [2.75, 3.05) is 20.3 Å². The number of ether oxygens (including phenoxy) is 2. The molecule has 0 aliphatic rings. The van der Waals surface area contributed by atoms with E-state index in [1.807, 2.05) is 30.3 Å². The summed E-state index contributed by atoms with van der Waals surface area (Å²) in [6.07, 6.45) is 1.04. The first-order valence-electron chi connectivity index (χ1n) is 6.46. The van der Waals surface area contributed by atoms with Crippen LogP contribution in [0.5, 0.6) is 11.5 Å². The van der Waals surface area contributed by atoms with Gasteiger partial charge in [0.2, 0.25) is 0 Å². The normalized spacial score (nSPS) is 12.1. The van der Waals surface area contributed by atoms with Gasteiger partial charge in [-0.2, -0.15) is 0 Å². The van der Waals surface area contributed by atoms with Crippen LogP contribution in [0.4, 0.5) is 0 Å². The van der Waals surface area contributed by atoms with E-state index in [1.54, 1.807) is 19.4 Å². The van der Waals surface area contributed by atoms with Crippen LogP contribution in [-0.2, 0) is 6.54 Å². The van der Waals surface area contributed by atoms with Gasteiger partial charge in [0.15, 0.2) is 0 Å². The number of aliphatic hydroxyl groups excluding tert-OH is 1. The first-order valence-corrected chi connectivity index (χ1v) is 6.46. The summed E-state index contributed by atoms with van der Waals surface area (Å²) in [5.74, 6) is 2.24. The van der Waals surface area contributed by atoms with Gasteiger partial charge in [-0.1, -0.05) is 6.07 Å². The van der Waals surface area contributed by atoms with Crippen LogP contribution >= 0.6 is 0 Å². The molecule has 0 aliphatic heterocycles. The van der Waals surface area contributed by atoms with Crippen molar-refractivity contribution >= 4 is 0 Å². The quantitative estimate of drug-likeness (QED) is 0.770. The first kappa shape index (κ1) is 14.4. The molecule has 0 spiro atoms. The van der Waals surface area contributed by atoms with Crippen LogP contribution in [0.3, 0.4) is 0 Å². The lowest BCUT2D eigenvalue weighted by Crippen LogP contribution is -2.31. The van der Waals surface area contributed by atoms with Crippen LogP contribution in [0.25, 0.3) is 0 Å². The predicted molar refractivity (Wildman–Crippen MR) is 74.9 cm³/mol. The van der Waals surface area contributed by atoms with Crippen molar-refractivity contribution in [3.63, 3.8) is 0 Å². The third-order valence-electron chi connectivity index (χ3n) is 2.74. The standard InChI is InChI=1S/C15H19NO4/c1-18-13-4-2-5-14(8-13)20-11-12(17)9-16-10-15-6-3-7-19-15/h2-8,12,16-17H,9-11H2,1H3/t12-/m0/s1. The topological polar surface area (TPSA) is 63.9 Å². The molecule has 2 aromatic rings. The maximum atomic E-state index is 9.82. The molecule has 5 nitrogen and oxygen atoms in total. The summed E-state index contributed by atoms with van der Waals surface area (Å²) < 4.78 is 15.8. The Morgan fingerprint density at radius 3 is 2.85 bits per heavy atom. The van der Waals surface area contributed by atoms with Crippen LogP contribution < -0.4 is 14.8 Å². The van der Waals surface area contributed by atoms with E-state index in [4.69, 9.17) is 13.9 Å². The first-order chi connectivity index (χ1) is 9.78. The maximum Gasteiger partial charge on any atom is 0.123 e. The van der Waals surface area contributed by atoms with E-state index < -0.39 is 6.10 Å². The van der Waals surface area contributed by atoms with Gasteiger partial charge in [-0.25, -0.2) is 0 Å². The molecule has 1 atom stereocenters. The Kier molecular flexibility index (Phi) is 5.46. The lowest BCUT2D eigenvalue weighted by Gasteiger charge is -2.13. The monoisotopic (exact) mass is 277 g/mol. The second-order valence-electron chi connectivity index (χ2n) is 4.35. The lowest BCUT2D eigenvalue weighted by atomic mass is 10.3. The second kappa shape index (κ2) is 7.57. The smallest absolute Gasteiger partial charge is 0.123 e. The largest absolute Gasteiger partial charge is 0.497 e. The highest BCUT2D eigenvalue weighted by atomic mass is 16.5. The number of methoxy groups -OCH3 is 1. The van der Waals surface area contributed by atoms with Crippen molar-refractivity contribution < 1.29 is 19.0 Å². The Bertz CT molecular complexity index is 498. The lowest BCUT2D eigenvalue weighted by molar-refractivity contribution is 0.105. The summed E-state index contributed by atoms with van der Waals surface area (Å²) in [7, 11) is 1.60. The Labute approximate surface area is 118 Å². The minimum Gasteiger partial charge on any atom is -0.497 e. The minimum atomic E-state index is -0.587. The van der Waals surface area contributed by atoms with Crippen molar-refractivity contribution in [3.8, 4) is 11.5 Å². The summed E-state index contributed by atoms with van der Waals surface area (Å²) in [5, 5.41) is 12.9. The van der Waals surface area contributed by atoms with Gasteiger partial charge in [-0.15, -0.1) is 0 Å². The van der Waals surface area contributed by atoms with E-state index in [-0.39, 0.29) is 6.61 Å². The fourth-order valence-electron chi connectivity index (χ4n) is 1.72. The fourth-order valence-corrected chi connectivity index (χ4v) is 1.72. The Balaban J connectivity index is 1.67.